The maximum atomic E-state index is 11.9. The molecule has 16 heavy (non-hydrogen) atoms. The summed E-state index contributed by atoms with van der Waals surface area (Å²) < 4.78 is 0. The zero-order valence-corrected chi connectivity index (χ0v) is 11.3. The molecule has 0 bridgehead atoms. The average molecular weight is 225 g/mol. The van der Waals surface area contributed by atoms with E-state index < -0.39 is 0 Å². The van der Waals surface area contributed by atoms with Crippen LogP contribution in [0.4, 0.5) is 0 Å². The molecule has 1 fully saturated rings. The Hall–Kier alpha value is -0.370. The number of Topliss-reactive ketones (excluding diaryl/α,β-unsaturated/α-hetero) is 1. The van der Waals surface area contributed by atoms with Gasteiger partial charge in [0.1, 0.15) is 5.78 Å². The van der Waals surface area contributed by atoms with Gasteiger partial charge in [0.05, 0.1) is 0 Å². The normalized spacial score (nSPS) is 26.8. The van der Waals surface area contributed by atoms with E-state index in [0.29, 0.717) is 17.6 Å². The SMILES string of the molecule is CCN(CC(C)C)CC1CC(C)CCC1=O. The highest BCUT2D eigenvalue weighted by Crippen LogP contribution is 2.26. The number of carbonyl (C=O) groups is 1. The highest BCUT2D eigenvalue weighted by Gasteiger charge is 2.27. The van der Waals surface area contributed by atoms with Crippen molar-refractivity contribution < 1.29 is 4.79 Å². The third-order valence-corrected chi connectivity index (χ3v) is 3.57. The quantitative estimate of drug-likeness (QED) is 0.717. The van der Waals surface area contributed by atoms with E-state index in [9.17, 15) is 4.79 Å². The van der Waals surface area contributed by atoms with Crippen LogP contribution in [0.1, 0.15) is 47.0 Å². The first kappa shape index (κ1) is 13.7. The van der Waals surface area contributed by atoms with Crippen LogP contribution in [0.15, 0.2) is 0 Å². The van der Waals surface area contributed by atoms with Crippen LogP contribution < -0.4 is 0 Å². The first-order valence-electron chi connectivity index (χ1n) is 6.78. The number of nitrogens with zero attached hydrogens (tertiary/aromatic N) is 1. The lowest BCUT2D eigenvalue weighted by atomic mass is 9.81. The Morgan fingerprint density at radius 2 is 2.12 bits per heavy atom. The zero-order valence-electron chi connectivity index (χ0n) is 11.3. The molecule has 2 heteroatoms. The Morgan fingerprint density at radius 1 is 1.44 bits per heavy atom. The number of hydrogen-bond acceptors (Lipinski definition) is 2. The van der Waals surface area contributed by atoms with Crippen molar-refractivity contribution >= 4 is 5.78 Å². The maximum Gasteiger partial charge on any atom is 0.137 e. The maximum absolute atomic E-state index is 11.9. The third-order valence-electron chi connectivity index (χ3n) is 3.57. The largest absolute Gasteiger partial charge is 0.303 e. The Morgan fingerprint density at radius 3 is 2.69 bits per heavy atom. The summed E-state index contributed by atoms with van der Waals surface area (Å²) >= 11 is 0. The van der Waals surface area contributed by atoms with E-state index in [0.717, 1.165) is 44.8 Å². The first-order valence-corrected chi connectivity index (χ1v) is 6.78. The fraction of sp³-hybridized carbons (Fsp3) is 0.929. The number of hydrogen-bond donors (Lipinski definition) is 0. The lowest BCUT2D eigenvalue weighted by molar-refractivity contribution is -0.126. The van der Waals surface area contributed by atoms with Crippen LogP contribution in [0.3, 0.4) is 0 Å². The molecule has 0 amide bonds. The standard InChI is InChI=1S/C14H27NO/c1-5-15(9-11(2)3)10-13-8-12(4)6-7-14(13)16/h11-13H,5-10H2,1-4H3. The van der Waals surface area contributed by atoms with E-state index in [-0.39, 0.29) is 0 Å². The third kappa shape index (κ3) is 4.25. The van der Waals surface area contributed by atoms with Gasteiger partial charge in [0.15, 0.2) is 0 Å². The molecule has 2 atom stereocenters. The lowest BCUT2D eigenvalue weighted by Crippen LogP contribution is -2.38. The van der Waals surface area contributed by atoms with E-state index in [1.807, 2.05) is 0 Å². The summed E-state index contributed by atoms with van der Waals surface area (Å²) in [7, 11) is 0. The molecule has 1 saturated carbocycles. The molecule has 0 N–H and O–H groups in total. The van der Waals surface area contributed by atoms with Crippen LogP contribution in [0, 0.1) is 17.8 Å². The van der Waals surface area contributed by atoms with E-state index in [1.54, 1.807) is 0 Å². The first-order chi connectivity index (χ1) is 7.52. The van der Waals surface area contributed by atoms with Gasteiger partial charge in [-0.1, -0.05) is 27.7 Å². The van der Waals surface area contributed by atoms with Gasteiger partial charge in [0, 0.05) is 25.4 Å². The Kier molecular flexibility index (Phi) is 5.47. The summed E-state index contributed by atoms with van der Waals surface area (Å²) in [6, 6.07) is 0. The van der Waals surface area contributed by atoms with Crippen molar-refractivity contribution in [2.45, 2.75) is 47.0 Å². The minimum atomic E-state index is 0.308. The van der Waals surface area contributed by atoms with Crippen molar-refractivity contribution in [3.8, 4) is 0 Å². The fourth-order valence-electron chi connectivity index (χ4n) is 2.66. The van der Waals surface area contributed by atoms with Crippen LogP contribution in [0.2, 0.25) is 0 Å². The monoisotopic (exact) mass is 225 g/mol. The van der Waals surface area contributed by atoms with Crippen molar-refractivity contribution in [2.24, 2.45) is 17.8 Å². The molecular formula is C14H27NO. The summed E-state index contributed by atoms with van der Waals surface area (Å²) in [5, 5.41) is 0. The van der Waals surface area contributed by atoms with Gasteiger partial charge in [-0.05, 0) is 31.2 Å². The van der Waals surface area contributed by atoms with Crippen LogP contribution >= 0.6 is 0 Å². The van der Waals surface area contributed by atoms with Gasteiger partial charge in [-0.25, -0.2) is 0 Å². The van der Waals surface area contributed by atoms with Crippen LogP contribution in [0.25, 0.3) is 0 Å². The number of carbonyl (C=O) groups excluding carboxylic acids is 1. The molecule has 0 aliphatic heterocycles. The van der Waals surface area contributed by atoms with Gasteiger partial charge in [-0.3, -0.25) is 4.79 Å². The Balaban J connectivity index is 2.46. The molecule has 0 aromatic carbocycles. The molecule has 0 spiro atoms. The van der Waals surface area contributed by atoms with Crippen molar-refractivity contribution in [1.29, 1.82) is 0 Å². The van der Waals surface area contributed by atoms with Crippen LogP contribution in [0.5, 0.6) is 0 Å². The second kappa shape index (κ2) is 6.39. The molecule has 1 rings (SSSR count). The van der Waals surface area contributed by atoms with Crippen molar-refractivity contribution in [2.75, 3.05) is 19.6 Å². The van der Waals surface area contributed by atoms with E-state index in [2.05, 4.69) is 32.6 Å². The molecule has 1 aliphatic rings. The molecule has 0 radical (unpaired) electrons. The molecule has 0 saturated heterocycles. The predicted molar refractivity (Wildman–Crippen MR) is 68.5 cm³/mol. The van der Waals surface area contributed by atoms with Gasteiger partial charge in [-0.15, -0.1) is 0 Å². The number of rotatable bonds is 5. The van der Waals surface area contributed by atoms with E-state index in [1.165, 1.54) is 0 Å². The fourth-order valence-corrected chi connectivity index (χ4v) is 2.66. The van der Waals surface area contributed by atoms with Gasteiger partial charge in [0.2, 0.25) is 0 Å². The zero-order chi connectivity index (χ0) is 12.1. The minimum Gasteiger partial charge on any atom is -0.303 e. The Labute approximate surface area is 100 Å². The molecule has 0 heterocycles. The molecule has 0 aromatic heterocycles. The van der Waals surface area contributed by atoms with Crippen LogP contribution in [-0.2, 0) is 4.79 Å². The highest BCUT2D eigenvalue weighted by atomic mass is 16.1. The van der Waals surface area contributed by atoms with Crippen molar-refractivity contribution in [3.05, 3.63) is 0 Å². The Bertz CT molecular complexity index is 225. The van der Waals surface area contributed by atoms with E-state index >= 15 is 0 Å². The summed E-state index contributed by atoms with van der Waals surface area (Å²) in [5.74, 6) is 2.24. The summed E-state index contributed by atoms with van der Waals surface area (Å²) in [5.41, 5.74) is 0. The molecule has 0 aromatic rings. The summed E-state index contributed by atoms with van der Waals surface area (Å²) in [4.78, 5) is 14.3. The van der Waals surface area contributed by atoms with Crippen LogP contribution in [-0.4, -0.2) is 30.3 Å². The van der Waals surface area contributed by atoms with Gasteiger partial charge in [-0.2, -0.15) is 0 Å². The van der Waals surface area contributed by atoms with Gasteiger partial charge in [0.25, 0.3) is 0 Å². The molecular weight excluding hydrogens is 198 g/mol. The topological polar surface area (TPSA) is 20.3 Å². The molecule has 2 nitrogen and oxygen atoms in total. The van der Waals surface area contributed by atoms with Gasteiger partial charge >= 0.3 is 0 Å². The van der Waals surface area contributed by atoms with Gasteiger partial charge < -0.3 is 4.90 Å². The highest BCUT2D eigenvalue weighted by molar-refractivity contribution is 5.81. The smallest absolute Gasteiger partial charge is 0.137 e. The minimum absolute atomic E-state index is 0.308. The molecule has 2 unspecified atom stereocenters. The summed E-state index contributed by atoms with van der Waals surface area (Å²) in [6.45, 7) is 12.1. The van der Waals surface area contributed by atoms with E-state index in [4.69, 9.17) is 0 Å². The average Bonchev–Trinajstić information content (AvgIpc) is 2.21. The second-order valence-corrected chi connectivity index (χ2v) is 5.79. The van der Waals surface area contributed by atoms with Crippen molar-refractivity contribution in [1.82, 2.24) is 4.90 Å². The predicted octanol–water partition coefficient (Wildman–Crippen LogP) is 2.97. The number of ketones is 1. The molecule has 1 aliphatic carbocycles. The second-order valence-electron chi connectivity index (χ2n) is 5.79. The summed E-state index contributed by atoms with van der Waals surface area (Å²) in [6.07, 6.45) is 3.02. The molecule has 94 valence electrons. The lowest BCUT2D eigenvalue weighted by Gasteiger charge is -2.31. The van der Waals surface area contributed by atoms with Crippen molar-refractivity contribution in [3.63, 3.8) is 0 Å².